The minimum atomic E-state index is -0.0219. The number of methoxy groups -OCH3 is 1. The first kappa shape index (κ1) is 15.3. The number of nitrogens with two attached hydrogens (primary N) is 1. The molecule has 0 saturated heterocycles. The van der Waals surface area contributed by atoms with Gasteiger partial charge in [0.15, 0.2) is 0 Å². The van der Waals surface area contributed by atoms with E-state index < -0.39 is 0 Å². The summed E-state index contributed by atoms with van der Waals surface area (Å²) in [5.74, 6) is 1.52. The van der Waals surface area contributed by atoms with Crippen LogP contribution >= 0.6 is 0 Å². The zero-order valence-electron chi connectivity index (χ0n) is 13.0. The molecule has 0 amide bonds. The van der Waals surface area contributed by atoms with E-state index in [1.54, 1.807) is 0 Å². The Balaban J connectivity index is 2.11. The van der Waals surface area contributed by atoms with E-state index in [-0.39, 0.29) is 11.6 Å². The maximum atomic E-state index is 6.78. The van der Waals surface area contributed by atoms with E-state index in [2.05, 4.69) is 6.92 Å². The van der Waals surface area contributed by atoms with Gasteiger partial charge in [0.05, 0.1) is 5.60 Å². The molecule has 2 heteroatoms. The summed E-state index contributed by atoms with van der Waals surface area (Å²) in [5, 5.41) is 0. The van der Waals surface area contributed by atoms with Crippen molar-refractivity contribution < 1.29 is 4.74 Å². The highest BCUT2D eigenvalue weighted by atomic mass is 16.5. The van der Waals surface area contributed by atoms with Crippen LogP contribution in [-0.4, -0.2) is 18.8 Å². The SMILES string of the molecule is CCC1CCCCC1C(N)C1(OC)CCCCCC1. The van der Waals surface area contributed by atoms with Crippen molar-refractivity contribution in [3.8, 4) is 0 Å². The van der Waals surface area contributed by atoms with Crippen LogP contribution in [0.4, 0.5) is 0 Å². The van der Waals surface area contributed by atoms with Gasteiger partial charge in [-0.25, -0.2) is 0 Å². The Labute approximate surface area is 119 Å². The maximum absolute atomic E-state index is 6.78. The second-order valence-electron chi connectivity index (χ2n) is 6.83. The highest BCUT2D eigenvalue weighted by molar-refractivity contribution is 4.98. The predicted octanol–water partition coefficient (Wildman–Crippen LogP) is 4.27. The van der Waals surface area contributed by atoms with Crippen LogP contribution in [0.5, 0.6) is 0 Å². The van der Waals surface area contributed by atoms with Crippen LogP contribution < -0.4 is 5.73 Å². The largest absolute Gasteiger partial charge is 0.377 e. The monoisotopic (exact) mass is 267 g/mol. The molecule has 19 heavy (non-hydrogen) atoms. The van der Waals surface area contributed by atoms with E-state index >= 15 is 0 Å². The molecule has 0 bridgehead atoms. The van der Waals surface area contributed by atoms with Crippen LogP contribution in [0, 0.1) is 11.8 Å². The Hall–Kier alpha value is -0.0800. The molecule has 0 aromatic rings. The molecule has 2 rings (SSSR count). The first-order chi connectivity index (χ1) is 9.23. The van der Waals surface area contributed by atoms with Gasteiger partial charge in [-0.15, -0.1) is 0 Å². The van der Waals surface area contributed by atoms with Gasteiger partial charge in [-0.2, -0.15) is 0 Å². The van der Waals surface area contributed by atoms with Crippen LogP contribution in [0.3, 0.4) is 0 Å². The quantitative estimate of drug-likeness (QED) is 0.772. The number of ether oxygens (including phenoxy) is 1. The van der Waals surface area contributed by atoms with Gasteiger partial charge < -0.3 is 10.5 Å². The lowest BCUT2D eigenvalue weighted by atomic mass is 9.68. The molecular weight excluding hydrogens is 234 g/mol. The highest BCUT2D eigenvalue weighted by Crippen LogP contribution is 2.42. The van der Waals surface area contributed by atoms with Gasteiger partial charge in [0.1, 0.15) is 0 Å². The topological polar surface area (TPSA) is 35.2 Å². The molecule has 3 atom stereocenters. The zero-order chi connectivity index (χ0) is 13.7. The summed E-state index contributed by atoms with van der Waals surface area (Å²) >= 11 is 0. The Morgan fingerprint density at radius 1 is 1.05 bits per heavy atom. The minimum absolute atomic E-state index is 0.0219. The third kappa shape index (κ3) is 3.33. The fraction of sp³-hybridized carbons (Fsp3) is 1.00. The predicted molar refractivity (Wildman–Crippen MR) is 81.2 cm³/mol. The third-order valence-electron chi connectivity index (χ3n) is 5.92. The highest BCUT2D eigenvalue weighted by Gasteiger charge is 2.43. The van der Waals surface area contributed by atoms with E-state index in [1.165, 1.54) is 70.6 Å². The summed E-state index contributed by atoms with van der Waals surface area (Å²) in [4.78, 5) is 0. The van der Waals surface area contributed by atoms with Crippen LogP contribution in [0.2, 0.25) is 0 Å². The lowest BCUT2D eigenvalue weighted by molar-refractivity contribution is -0.0686. The summed E-state index contributed by atoms with van der Waals surface area (Å²) in [6, 6.07) is 0.251. The van der Waals surface area contributed by atoms with E-state index in [0.29, 0.717) is 5.92 Å². The van der Waals surface area contributed by atoms with E-state index in [0.717, 1.165) is 5.92 Å². The molecule has 2 nitrogen and oxygen atoms in total. The number of hydrogen-bond donors (Lipinski definition) is 1. The Kier molecular flexibility index (Phi) is 5.70. The second-order valence-corrected chi connectivity index (χ2v) is 6.83. The van der Waals surface area contributed by atoms with Crippen molar-refractivity contribution in [2.45, 2.75) is 89.2 Å². The standard InChI is InChI=1S/C17H33NO/c1-3-14-10-6-7-11-15(14)16(18)17(19-2)12-8-4-5-9-13-17/h14-16H,3-13,18H2,1-2H3. The molecule has 0 radical (unpaired) electrons. The van der Waals surface area contributed by atoms with Crippen LogP contribution in [0.15, 0.2) is 0 Å². The molecule has 2 saturated carbocycles. The van der Waals surface area contributed by atoms with E-state index in [9.17, 15) is 0 Å². The first-order valence-electron chi connectivity index (χ1n) is 8.54. The molecule has 0 heterocycles. The minimum Gasteiger partial charge on any atom is -0.377 e. The molecule has 3 unspecified atom stereocenters. The van der Waals surface area contributed by atoms with Gasteiger partial charge in [0, 0.05) is 13.2 Å². The third-order valence-corrected chi connectivity index (χ3v) is 5.92. The van der Waals surface area contributed by atoms with Gasteiger partial charge in [-0.05, 0) is 31.1 Å². The molecular formula is C17H33NO. The van der Waals surface area contributed by atoms with Gasteiger partial charge in [-0.1, -0.05) is 58.3 Å². The molecule has 2 N–H and O–H groups in total. The van der Waals surface area contributed by atoms with Crippen molar-refractivity contribution in [2.75, 3.05) is 7.11 Å². The van der Waals surface area contributed by atoms with E-state index in [1.807, 2.05) is 7.11 Å². The molecule has 0 aromatic heterocycles. The van der Waals surface area contributed by atoms with Crippen LogP contribution in [0.25, 0.3) is 0 Å². The summed E-state index contributed by atoms with van der Waals surface area (Å²) in [6.07, 6.45) is 14.4. The molecule has 2 fully saturated rings. The van der Waals surface area contributed by atoms with Gasteiger partial charge in [0.25, 0.3) is 0 Å². The molecule has 112 valence electrons. The molecule has 0 aliphatic heterocycles. The first-order valence-corrected chi connectivity index (χ1v) is 8.54. The van der Waals surface area contributed by atoms with Gasteiger partial charge in [0.2, 0.25) is 0 Å². The summed E-state index contributed by atoms with van der Waals surface area (Å²) in [7, 11) is 1.90. The van der Waals surface area contributed by atoms with Gasteiger partial charge >= 0.3 is 0 Å². The summed E-state index contributed by atoms with van der Waals surface area (Å²) in [5.41, 5.74) is 6.76. The average molecular weight is 267 g/mol. The lowest BCUT2D eigenvalue weighted by Gasteiger charge is -2.45. The smallest absolute Gasteiger partial charge is 0.0831 e. The molecule has 0 spiro atoms. The van der Waals surface area contributed by atoms with Crippen molar-refractivity contribution in [3.05, 3.63) is 0 Å². The summed E-state index contributed by atoms with van der Waals surface area (Å²) < 4.78 is 6.04. The van der Waals surface area contributed by atoms with Crippen molar-refractivity contribution >= 4 is 0 Å². The fourth-order valence-corrected chi connectivity index (χ4v) is 4.61. The van der Waals surface area contributed by atoms with Crippen molar-refractivity contribution in [3.63, 3.8) is 0 Å². The Morgan fingerprint density at radius 3 is 2.26 bits per heavy atom. The van der Waals surface area contributed by atoms with Crippen molar-refractivity contribution in [2.24, 2.45) is 17.6 Å². The molecule has 2 aliphatic rings. The van der Waals surface area contributed by atoms with Crippen LogP contribution in [0.1, 0.15) is 77.6 Å². The lowest BCUT2D eigenvalue weighted by Crippen LogP contribution is -2.55. The van der Waals surface area contributed by atoms with Crippen LogP contribution in [-0.2, 0) is 4.74 Å². The fourth-order valence-electron chi connectivity index (χ4n) is 4.61. The molecule has 2 aliphatic carbocycles. The Morgan fingerprint density at radius 2 is 1.68 bits per heavy atom. The van der Waals surface area contributed by atoms with Gasteiger partial charge in [-0.3, -0.25) is 0 Å². The normalized spacial score (nSPS) is 33.6. The van der Waals surface area contributed by atoms with E-state index in [4.69, 9.17) is 10.5 Å². The average Bonchev–Trinajstić information content (AvgIpc) is 2.72. The summed E-state index contributed by atoms with van der Waals surface area (Å²) in [6.45, 7) is 2.34. The van der Waals surface area contributed by atoms with Crippen molar-refractivity contribution in [1.82, 2.24) is 0 Å². The number of rotatable bonds is 4. The maximum Gasteiger partial charge on any atom is 0.0831 e. The Bertz CT molecular complexity index is 258. The number of hydrogen-bond acceptors (Lipinski definition) is 2. The zero-order valence-corrected chi connectivity index (χ0v) is 13.0. The second kappa shape index (κ2) is 7.08. The van der Waals surface area contributed by atoms with Crippen molar-refractivity contribution in [1.29, 1.82) is 0 Å². The molecule has 0 aromatic carbocycles.